The van der Waals surface area contributed by atoms with Gasteiger partial charge in [-0.1, -0.05) is 26.2 Å². The van der Waals surface area contributed by atoms with Crippen molar-refractivity contribution >= 4 is 5.91 Å². The Hall–Kier alpha value is -0.570. The molecule has 0 aromatic rings. The molecule has 1 amide bonds. The number of nitrogens with one attached hydrogen (secondary N) is 1. The van der Waals surface area contributed by atoms with Crippen LogP contribution in [0.2, 0.25) is 0 Å². The first kappa shape index (κ1) is 12.9. The molecule has 0 aromatic heterocycles. The van der Waals surface area contributed by atoms with Crippen LogP contribution < -0.4 is 11.1 Å². The maximum atomic E-state index is 12.0. The SMILES string of the molecule is CC1CCCC(NC(=O)C[C@@H]2CCC[C@H]2N)C1. The van der Waals surface area contributed by atoms with Crippen LogP contribution in [0.5, 0.6) is 0 Å². The van der Waals surface area contributed by atoms with E-state index in [2.05, 4.69) is 12.2 Å². The van der Waals surface area contributed by atoms with Crippen LogP contribution in [0.15, 0.2) is 0 Å². The number of carbonyl (C=O) groups excluding carboxylic acids is 1. The molecule has 0 bridgehead atoms. The molecule has 0 heterocycles. The highest BCUT2D eigenvalue weighted by atomic mass is 16.1. The van der Waals surface area contributed by atoms with E-state index in [0.29, 0.717) is 18.4 Å². The van der Waals surface area contributed by atoms with Gasteiger partial charge in [-0.25, -0.2) is 0 Å². The van der Waals surface area contributed by atoms with Gasteiger partial charge < -0.3 is 11.1 Å². The van der Waals surface area contributed by atoms with Gasteiger partial charge in [0.2, 0.25) is 5.91 Å². The molecule has 0 aliphatic heterocycles. The lowest BCUT2D eigenvalue weighted by atomic mass is 9.87. The fourth-order valence-electron chi connectivity index (χ4n) is 3.41. The highest BCUT2D eigenvalue weighted by Crippen LogP contribution is 2.27. The number of hydrogen-bond donors (Lipinski definition) is 2. The second-order valence-electron chi connectivity index (χ2n) is 6.10. The highest BCUT2D eigenvalue weighted by molar-refractivity contribution is 5.76. The number of nitrogens with two attached hydrogens (primary N) is 1. The first-order valence-corrected chi connectivity index (χ1v) is 7.20. The standard InChI is InChI=1S/C14H26N2O/c1-10-4-2-6-12(8-10)16-14(17)9-11-5-3-7-13(11)15/h10-13H,2-9,15H2,1H3,(H,16,17)/t10?,11-,12?,13+/m0/s1. The lowest BCUT2D eigenvalue weighted by Gasteiger charge is -2.28. The Morgan fingerprint density at radius 3 is 2.65 bits per heavy atom. The van der Waals surface area contributed by atoms with E-state index in [4.69, 9.17) is 5.73 Å². The molecule has 2 saturated carbocycles. The molecule has 3 nitrogen and oxygen atoms in total. The van der Waals surface area contributed by atoms with Crippen molar-refractivity contribution in [2.75, 3.05) is 0 Å². The Bertz CT molecular complexity index is 267. The van der Waals surface area contributed by atoms with Gasteiger partial charge in [-0.05, 0) is 37.5 Å². The average Bonchev–Trinajstić information content (AvgIpc) is 2.64. The van der Waals surface area contributed by atoms with Gasteiger partial charge >= 0.3 is 0 Å². The van der Waals surface area contributed by atoms with Crippen molar-refractivity contribution in [3.63, 3.8) is 0 Å². The van der Waals surface area contributed by atoms with Crippen molar-refractivity contribution in [3.05, 3.63) is 0 Å². The van der Waals surface area contributed by atoms with Crippen molar-refractivity contribution < 1.29 is 4.79 Å². The molecule has 2 fully saturated rings. The summed E-state index contributed by atoms with van der Waals surface area (Å²) in [5.41, 5.74) is 6.00. The molecule has 3 N–H and O–H groups in total. The fraction of sp³-hybridized carbons (Fsp3) is 0.929. The largest absolute Gasteiger partial charge is 0.353 e. The Morgan fingerprint density at radius 2 is 2.00 bits per heavy atom. The predicted octanol–water partition coefficient (Wildman–Crippen LogP) is 2.20. The number of rotatable bonds is 3. The molecular weight excluding hydrogens is 212 g/mol. The zero-order valence-corrected chi connectivity index (χ0v) is 11.0. The van der Waals surface area contributed by atoms with E-state index in [0.717, 1.165) is 31.6 Å². The Balaban J connectivity index is 1.73. The Kier molecular flexibility index (Phi) is 4.43. The van der Waals surface area contributed by atoms with E-state index in [1.54, 1.807) is 0 Å². The van der Waals surface area contributed by atoms with Gasteiger partial charge in [0.1, 0.15) is 0 Å². The molecule has 0 spiro atoms. The molecule has 0 radical (unpaired) electrons. The van der Waals surface area contributed by atoms with Gasteiger partial charge in [-0.3, -0.25) is 4.79 Å². The third kappa shape index (κ3) is 3.70. The van der Waals surface area contributed by atoms with Crippen LogP contribution in [0.3, 0.4) is 0 Å². The summed E-state index contributed by atoms with van der Waals surface area (Å²) in [5, 5.41) is 3.20. The summed E-state index contributed by atoms with van der Waals surface area (Å²) in [6.07, 6.45) is 8.96. The topological polar surface area (TPSA) is 55.1 Å². The average molecular weight is 238 g/mol. The van der Waals surface area contributed by atoms with Crippen molar-refractivity contribution in [3.8, 4) is 0 Å². The summed E-state index contributed by atoms with van der Waals surface area (Å²) >= 11 is 0. The number of amides is 1. The molecule has 4 atom stereocenters. The van der Waals surface area contributed by atoms with Crippen LogP contribution in [-0.2, 0) is 4.79 Å². The Labute approximate surface area is 105 Å². The third-order valence-electron chi connectivity index (χ3n) is 4.47. The molecule has 2 rings (SSSR count). The number of carbonyl (C=O) groups is 1. The zero-order valence-electron chi connectivity index (χ0n) is 11.0. The van der Waals surface area contributed by atoms with Gasteiger partial charge in [0.25, 0.3) is 0 Å². The van der Waals surface area contributed by atoms with Crippen LogP contribution in [0, 0.1) is 11.8 Å². The van der Waals surface area contributed by atoms with Crippen molar-refractivity contribution in [2.24, 2.45) is 17.6 Å². The molecule has 17 heavy (non-hydrogen) atoms. The van der Waals surface area contributed by atoms with Crippen LogP contribution >= 0.6 is 0 Å². The quantitative estimate of drug-likeness (QED) is 0.792. The van der Waals surface area contributed by atoms with Gasteiger partial charge in [0, 0.05) is 18.5 Å². The lowest BCUT2D eigenvalue weighted by Crippen LogP contribution is -2.40. The lowest BCUT2D eigenvalue weighted by molar-refractivity contribution is -0.123. The second-order valence-corrected chi connectivity index (χ2v) is 6.10. The molecule has 3 heteroatoms. The maximum absolute atomic E-state index is 12.0. The summed E-state index contributed by atoms with van der Waals surface area (Å²) in [6.45, 7) is 2.28. The van der Waals surface area contributed by atoms with Crippen LogP contribution in [-0.4, -0.2) is 18.0 Å². The first-order chi connectivity index (χ1) is 8.15. The van der Waals surface area contributed by atoms with Crippen LogP contribution in [0.1, 0.15) is 58.3 Å². The molecule has 2 unspecified atom stereocenters. The first-order valence-electron chi connectivity index (χ1n) is 7.20. The summed E-state index contributed by atoms with van der Waals surface area (Å²) in [6, 6.07) is 0.676. The second kappa shape index (κ2) is 5.85. The van der Waals surface area contributed by atoms with Gasteiger partial charge in [-0.15, -0.1) is 0 Å². The molecule has 0 saturated heterocycles. The Morgan fingerprint density at radius 1 is 1.24 bits per heavy atom. The molecular formula is C14H26N2O. The van der Waals surface area contributed by atoms with Crippen LogP contribution in [0.25, 0.3) is 0 Å². The molecule has 98 valence electrons. The normalized spacial score (nSPS) is 38.0. The molecule has 0 aromatic carbocycles. The van der Waals surface area contributed by atoms with E-state index >= 15 is 0 Å². The van der Waals surface area contributed by atoms with E-state index in [-0.39, 0.29) is 11.9 Å². The monoisotopic (exact) mass is 238 g/mol. The van der Waals surface area contributed by atoms with Crippen LogP contribution in [0.4, 0.5) is 0 Å². The zero-order chi connectivity index (χ0) is 12.3. The summed E-state index contributed by atoms with van der Waals surface area (Å²) in [7, 11) is 0. The molecule has 2 aliphatic rings. The van der Waals surface area contributed by atoms with Crippen molar-refractivity contribution in [2.45, 2.75) is 70.4 Å². The summed E-state index contributed by atoms with van der Waals surface area (Å²) in [4.78, 5) is 12.0. The van der Waals surface area contributed by atoms with E-state index < -0.39 is 0 Å². The van der Waals surface area contributed by atoms with E-state index in [1.165, 1.54) is 19.3 Å². The highest BCUT2D eigenvalue weighted by Gasteiger charge is 2.27. The number of hydrogen-bond acceptors (Lipinski definition) is 2. The third-order valence-corrected chi connectivity index (χ3v) is 4.47. The van der Waals surface area contributed by atoms with E-state index in [1.807, 2.05) is 0 Å². The van der Waals surface area contributed by atoms with Gasteiger partial charge in [-0.2, -0.15) is 0 Å². The minimum absolute atomic E-state index is 0.228. The molecule has 2 aliphatic carbocycles. The fourth-order valence-corrected chi connectivity index (χ4v) is 3.41. The minimum Gasteiger partial charge on any atom is -0.353 e. The summed E-state index contributed by atoms with van der Waals surface area (Å²) in [5.74, 6) is 1.42. The maximum Gasteiger partial charge on any atom is 0.220 e. The predicted molar refractivity (Wildman–Crippen MR) is 69.5 cm³/mol. The minimum atomic E-state index is 0.228. The van der Waals surface area contributed by atoms with Crippen molar-refractivity contribution in [1.29, 1.82) is 0 Å². The van der Waals surface area contributed by atoms with Crippen molar-refractivity contribution in [1.82, 2.24) is 5.32 Å². The van der Waals surface area contributed by atoms with Gasteiger partial charge in [0.15, 0.2) is 0 Å². The summed E-state index contributed by atoms with van der Waals surface area (Å²) < 4.78 is 0. The van der Waals surface area contributed by atoms with Gasteiger partial charge in [0.05, 0.1) is 0 Å². The smallest absolute Gasteiger partial charge is 0.220 e. The van der Waals surface area contributed by atoms with E-state index in [9.17, 15) is 4.79 Å².